The molecule has 1 amide bonds. The smallest absolute Gasteiger partial charge is 0.417 e. The van der Waals surface area contributed by atoms with Gasteiger partial charge in [-0.15, -0.1) is 0 Å². The van der Waals surface area contributed by atoms with Gasteiger partial charge in [0.15, 0.2) is 0 Å². The van der Waals surface area contributed by atoms with Crippen LogP contribution in [0.2, 0.25) is 15.1 Å². The monoisotopic (exact) mass is 523 g/mol. The van der Waals surface area contributed by atoms with Crippen LogP contribution in [0.1, 0.15) is 15.9 Å². The van der Waals surface area contributed by atoms with Crippen LogP contribution in [0.5, 0.6) is 5.75 Å². The molecule has 2 N–H and O–H groups in total. The van der Waals surface area contributed by atoms with Crippen molar-refractivity contribution in [2.24, 2.45) is 0 Å². The van der Waals surface area contributed by atoms with Crippen LogP contribution in [0.15, 0.2) is 64.4 Å². The molecule has 3 rings (SSSR count). The zero-order chi connectivity index (χ0) is 23.8. The summed E-state index contributed by atoms with van der Waals surface area (Å²) in [6, 6.07) is 9.33. The zero-order valence-corrected chi connectivity index (χ0v) is 18.6. The van der Waals surface area contributed by atoms with Crippen molar-refractivity contribution in [1.29, 1.82) is 0 Å². The van der Waals surface area contributed by atoms with E-state index in [1.54, 1.807) is 0 Å². The predicted molar refractivity (Wildman–Crippen MR) is 114 cm³/mol. The number of anilines is 1. The van der Waals surface area contributed by atoms with E-state index in [4.69, 9.17) is 34.8 Å². The average molecular weight is 525 g/mol. The summed E-state index contributed by atoms with van der Waals surface area (Å²) in [7, 11) is -4.43. The van der Waals surface area contributed by atoms with Crippen LogP contribution >= 0.6 is 34.8 Å². The summed E-state index contributed by atoms with van der Waals surface area (Å²) in [5.41, 5.74) is -2.43. The topological polar surface area (TPSA) is 83.5 Å². The molecule has 0 aliphatic rings. The average Bonchev–Trinajstić information content (AvgIpc) is 2.70. The molecule has 32 heavy (non-hydrogen) atoms. The molecule has 168 valence electrons. The third-order valence-corrected chi connectivity index (χ3v) is 6.85. The fraction of sp³-hybridized carbons (Fsp3) is 0.0500. The Labute approximate surface area is 195 Å². The van der Waals surface area contributed by atoms with E-state index in [0.29, 0.717) is 12.1 Å². The zero-order valence-electron chi connectivity index (χ0n) is 15.5. The molecule has 5 nitrogen and oxygen atoms in total. The van der Waals surface area contributed by atoms with Crippen LogP contribution in [-0.4, -0.2) is 19.4 Å². The first-order valence-electron chi connectivity index (χ1n) is 8.52. The summed E-state index contributed by atoms with van der Waals surface area (Å²) in [5, 5.41) is 11.4. The molecule has 0 aliphatic heterocycles. The Morgan fingerprint density at radius 3 is 2.09 bits per heavy atom. The van der Waals surface area contributed by atoms with Gasteiger partial charge < -0.3 is 10.4 Å². The van der Waals surface area contributed by atoms with Crippen LogP contribution < -0.4 is 5.32 Å². The summed E-state index contributed by atoms with van der Waals surface area (Å²) in [5.74, 6) is -1.60. The highest BCUT2D eigenvalue weighted by atomic mass is 35.5. The van der Waals surface area contributed by atoms with E-state index in [-0.39, 0.29) is 20.5 Å². The van der Waals surface area contributed by atoms with Crippen LogP contribution in [-0.2, 0) is 16.0 Å². The highest BCUT2D eigenvalue weighted by molar-refractivity contribution is 7.91. The number of carbonyl (C=O) groups is 1. The highest BCUT2D eigenvalue weighted by Gasteiger charge is 2.36. The van der Waals surface area contributed by atoms with Crippen molar-refractivity contribution in [3.05, 3.63) is 80.8 Å². The Balaban J connectivity index is 2.19. The van der Waals surface area contributed by atoms with Crippen LogP contribution in [0.25, 0.3) is 0 Å². The van der Waals surface area contributed by atoms with Crippen molar-refractivity contribution < 1.29 is 31.5 Å². The van der Waals surface area contributed by atoms with Crippen LogP contribution in [0, 0.1) is 0 Å². The third kappa shape index (κ3) is 4.96. The van der Waals surface area contributed by atoms with Crippen molar-refractivity contribution in [2.45, 2.75) is 16.0 Å². The number of benzene rings is 3. The standard InChI is InChI=1S/C20H11Cl3F3NO4S/c21-10-1-4-12(5-2-10)32(30,31)18-9-15(23)14(20(24,25)26)8-16(18)27-19(29)13-7-11(22)3-6-17(13)28/h1-9,28H,(H,27,29). The highest BCUT2D eigenvalue weighted by Crippen LogP contribution is 2.40. The molecule has 0 aromatic heterocycles. The summed E-state index contributed by atoms with van der Waals surface area (Å²) >= 11 is 17.3. The number of sulfone groups is 1. The minimum absolute atomic E-state index is 0.0639. The third-order valence-electron chi connectivity index (χ3n) is 4.24. The van der Waals surface area contributed by atoms with E-state index in [9.17, 15) is 31.5 Å². The second-order valence-electron chi connectivity index (χ2n) is 6.40. The molecule has 0 saturated carbocycles. The first-order valence-corrected chi connectivity index (χ1v) is 11.1. The Hall–Kier alpha value is -2.46. The minimum Gasteiger partial charge on any atom is -0.507 e. The number of phenolic OH excluding ortho intramolecular Hbond substituents is 1. The summed E-state index contributed by atoms with van der Waals surface area (Å²) in [6.45, 7) is 0. The number of rotatable bonds is 4. The lowest BCUT2D eigenvalue weighted by Crippen LogP contribution is -2.17. The number of phenols is 1. The maximum atomic E-state index is 13.4. The summed E-state index contributed by atoms with van der Waals surface area (Å²) < 4.78 is 66.4. The lowest BCUT2D eigenvalue weighted by atomic mass is 10.1. The van der Waals surface area contributed by atoms with Gasteiger partial charge in [-0.05, 0) is 54.6 Å². The van der Waals surface area contributed by atoms with Crippen molar-refractivity contribution in [1.82, 2.24) is 0 Å². The van der Waals surface area contributed by atoms with Crippen molar-refractivity contribution in [2.75, 3.05) is 5.32 Å². The molecule has 0 aliphatic carbocycles. The quantitative estimate of drug-likeness (QED) is 0.410. The van der Waals surface area contributed by atoms with E-state index in [1.165, 1.54) is 18.2 Å². The molecule has 0 saturated heterocycles. The van der Waals surface area contributed by atoms with Crippen molar-refractivity contribution in [3.8, 4) is 5.75 Å². The number of amides is 1. The number of carbonyl (C=O) groups excluding carboxylic acids is 1. The number of aromatic hydroxyl groups is 1. The first kappa shape index (κ1) is 24.2. The second-order valence-corrected chi connectivity index (χ2v) is 9.60. The van der Waals surface area contributed by atoms with E-state index in [0.717, 1.165) is 24.3 Å². The molecular weight excluding hydrogens is 514 g/mol. The molecule has 0 bridgehead atoms. The Morgan fingerprint density at radius 2 is 1.50 bits per heavy atom. The number of halogens is 6. The Bertz CT molecular complexity index is 1310. The van der Waals surface area contributed by atoms with Gasteiger partial charge in [0.05, 0.1) is 31.6 Å². The largest absolute Gasteiger partial charge is 0.507 e. The molecule has 12 heteroatoms. The van der Waals surface area contributed by atoms with Gasteiger partial charge in [-0.1, -0.05) is 34.8 Å². The van der Waals surface area contributed by atoms with E-state index >= 15 is 0 Å². The van der Waals surface area contributed by atoms with Gasteiger partial charge in [0.2, 0.25) is 9.84 Å². The Kier molecular flexibility index (Phi) is 6.67. The van der Waals surface area contributed by atoms with Gasteiger partial charge in [0, 0.05) is 10.0 Å². The van der Waals surface area contributed by atoms with E-state index < -0.39 is 48.8 Å². The van der Waals surface area contributed by atoms with E-state index in [1.807, 2.05) is 0 Å². The maximum absolute atomic E-state index is 13.4. The summed E-state index contributed by atoms with van der Waals surface area (Å²) in [4.78, 5) is 11.7. The number of hydrogen-bond donors (Lipinski definition) is 2. The van der Waals surface area contributed by atoms with Crippen molar-refractivity contribution >= 4 is 56.2 Å². The fourth-order valence-electron chi connectivity index (χ4n) is 2.71. The molecule has 3 aromatic carbocycles. The molecule has 0 atom stereocenters. The lowest BCUT2D eigenvalue weighted by molar-refractivity contribution is -0.137. The van der Waals surface area contributed by atoms with Crippen LogP contribution in [0.3, 0.4) is 0 Å². The molecule has 0 fully saturated rings. The van der Waals surface area contributed by atoms with Crippen LogP contribution in [0.4, 0.5) is 18.9 Å². The minimum atomic E-state index is -4.93. The maximum Gasteiger partial charge on any atom is 0.417 e. The van der Waals surface area contributed by atoms with Gasteiger partial charge in [-0.2, -0.15) is 13.2 Å². The predicted octanol–water partition coefficient (Wildman–Crippen LogP) is 6.46. The van der Waals surface area contributed by atoms with Crippen molar-refractivity contribution in [3.63, 3.8) is 0 Å². The lowest BCUT2D eigenvalue weighted by Gasteiger charge is -2.17. The van der Waals surface area contributed by atoms with Gasteiger partial charge in [-0.3, -0.25) is 4.79 Å². The molecule has 0 heterocycles. The molecular formula is C20H11Cl3F3NO4S. The van der Waals surface area contributed by atoms with Gasteiger partial charge in [0.1, 0.15) is 5.75 Å². The molecule has 0 unspecified atom stereocenters. The SMILES string of the molecule is O=C(Nc1cc(C(F)(F)F)c(Cl)cc1S(=O)(=O)c1ccc(Cl)cc1)c1cc(Cl)ccc1O. The van der Waals surface area contributed by atoms with Gasteiger partial charge in [-0.25, -0.2) is 8.42 Å². The summed E-state index contributed by atoms with van der Waals surface area (Å²) in [6.07, 6.45) is -4.93. The number of hydrogen-bond acceptors (Lipinski definition) is 4. The molecule has 3 aromatic rings. The van der Waals surface area contributed by atoms with E-state index in [2.05, 4.69) is 5.32 Å². The second kappa shape index (κ2) is 8.82. The molecule has 0 radical (unpaired) electrons. The number of alkyl halides is 3. The fourth-order valence-corrected chi connectivity index (χ4v) is 4.77. The first-order chi connectivity index (χ1) is 14.8. The normalized spacial score (nSPS) is 11.9. The molecule has 0 spiro atoms. The Morgan fingerprint density at radius 1 is 0.906 bits per heavy atom. The van der Waals surface area contributed by atoms with Gasteiger partial charge >= 0.3 is 6.18 Å². The van der Waals surface area contributed by atoms with Gasteiger partial charge in [0.25, 0.3) is 5.91 Å². The number of nitrogens with one attached hydrogen (secondary N) is 1.